The van der Waals surface area contributed by atoms with Crippen LogP contribution in [-0.2, 0) is 9.53 Å². The van der Waals surface area contributed by atoms with Gasteiger partial charge in [0.05, 0.1) is 19.8 Å². The van der Waals surface area contributed by atoms with E-state index >= 15 is 0 Å². The fraction of sp³-hybridized carbons (Fsp3) is 0.900. The molecule has 0 aliphatic carbocycles. The van der Waals surface area contributed by atoms with Crippen LogP contribution in [0.25, 0.3) is 0 Å². The summed E-state index contributed by atoms with van der Waals surface area (Å²) in [4.78, 5) is 13.4. The van der Waals surface area contributed by atoms with Crippen LogP contribution in [0.2, 0.25) is 0 Å². The molecule has 82 valence electrons. The van der Waals surface area contributed by atoms with Crippen LogP contribution < -0.4 is 0 Å². The van der Waals surface area contributed by atoms with Crippen LogP contribution in [0.1, 0.15) is 25.7 Å². The zero-order valence-electron chi connectivity index (χ0n) is 8.57. The van der Waals surface area contributed by atoms with E-state index in [-0.39, 0.29) is 12.5 Å². The summed E-state index contributed by atoms with van der Waals surface area (Å²) in [6, 6.07) is 0. The molecule has 0 aromatic heterocycles. The molecule has 4 nitrogen and oxygen atoms in total. The highest BCUT2D eigenvalue weighted by Gasteiger charge is 2.15. The molecule has 0 saturated carbocycles. The molecule has 1 heterocycles. The lowest BCUT2D eigenvalue weighted by Crippen LogP contribution is -2.33. The number of aliphatic hydroxyl groups excluding tert-OH is 1. The highest BCUT2D eigenvalue weighted by atomic mass is 16.5. The van der Waals surface area contributed by atoms with E-state index < -0.39 is 0 Å². The highest BCUT2D eigenvalue weighted by molar-refractivity contribution is 5.76. The lowest BCUT2D eigenvalue weighted by Gasteiger charge is -2.20. The van der Waals surface area contributed by atoms with Crippen molar-refractivity contribution >= 4 is 5.91 Å². The van der Waals surface area contributed by atoms with E-state index in [0.717, 1.165) is 25.8 Å². The number of amides is 1. The normalized spacial score (nSPS) is 18.4. The molecular weight excluding hydrogens is 182 g/mol. The van der Waals surface area contributed by atoms with E-state index in [0.29, 0.717) is 26.2 Å². The topological polar surface area (TPSA) is 49.8 Å². The van der Waals surface area contributed by atoms with Gasteiger partial charge in [0.2, 0.25) is 5.91 Å². The Labute approximate surface area is 84.8 Å². The summed E-state index contributed by atoms with van der Waals surface area (Å²) >= 11 is 0. The van der Waals surface area contributed by atoms with Gasteiger partial charge in [-0.1, -0.05) is 6.42 Å². The van der Waals surface area contributed by atoms with E-state index in [1.165, 1.54) is 0 Å². The second kappa shape index (κ2) is 6.79. The predicted molar refractivity (Wildman–Crippen MR) is 53.0 cm³/mol. The standard InChI is InChI=1S/C10H19NO3/c12-7-9-14-8-6-11-5-3-1-2-4-10(11)13/h12H,1-9H2. The number of nitrogens with zero attached hydrogens (tertiary/aromatic N) is 1. The van der Waals surface area contributed by atoms with Gasteiger partial charge in [-0.25, -0.2) is 0 Å². The number of carbonyl (C=O) groups is 1. The van der Waals surface area contributed by atoms with Crippen molar-refractivity contribution in [2.45, 2.75) is 25.7 Å². The average molecular weight is 201 g/mol. The Balaban J connectivity index is 2.16. The minimum absolute atomic E-state index is 0.0496. The van der Waals surface area contributed by atoms with Gasteiger partial charge < -0.3 is 14.7 Å². The van der Waals surface area contributed by atoms with E-state index in [1.807, 2.05) is 4.90 Å². The van der Waals surface area contributed by atoms with Crippen molar-refractivity contribution in [3.63, 3.8) is 0 Å². The summed E-state index contributed by atoms with van der Waals surface area (Å²) < 4.78 is 5.13. The predicted octanol–water partition coefficient (Wildman–Crippen LogP) is 0.398. The maximum absolute atomic E-state index is 11.5. The number of aliphatic hydroxyl groups is 1. The minimum atomic E-state index is 0.0496. The van der Waals surface area contributed by atoms with Crippen molar-refractivity contribution in [1.29, 1.82) is 0 Å². The monoisotopic (exact) mass is 201 g/mol. The highest BCUT2D eigenvalue weighted by Crippen LogP contribution is 2.10. The number of ether oxygens (including phenoxy) is 1. The zero-order chi connectivity index (χ0) is 10.2. The third kappa shape index (κ3) is 4.07. The first-order valence-electron chi connectivity index (χ1n) is 5.31. The quantitative estimate of drug-likeness (QED) is 0.655. The first kappa shape index (κ1) is 11.5. The Morgan fingerprint density at radius 1 is 1.29 bits per heavy atom. The molecule has 1 aliphatic rings. The van der Waals surface area contributed by atoms with Gasteiger partial charge in [0.15, 0.2) is 0 Å². The molecule has 1 rings (SSSR count). The van der Waals surface area contributed by atoms with E-state index in [4.69, 9.17) is 9.84 Å². The van der Waals surface area contributed by atoms with Gasteiger partial charge >= 0.3 is 0 Å². The number of likely N-dealkylation sites (tertiary alicyclic amines) is 1. The van der Waals surface area contributed by atoms with Crippen LogP contribution in [0.5, 0.6) is 0 Å². The summed E-state index contributed by atoms with van der Waals surface area (Å²) in [5.74, 6) is 0.245. The summed E-state index contributed by atoms with van der Waals surface area (Å²) in [5.41, 5.74) is 0. The van der Waals surface area contributed by atoms with Crippen LogP contribution >= 0.6 is 0 Å². The molecule has 0 radical (unpaired) electrons. The van der Waals surface area contributed by atoms with Crippen molar-refractivity contribution in [2.24, 2.45) is 0 Å². The second-order valence-electron chi connectivity index (χ2n) is 3.53. The summed E-state index contributed by atoms with van der Waals surface area (Å²) in [6.45, 7) is 2.47. The van der Waals surface area contributed by atoms with Crippen LogP contribution in [0.3, 0.4) is 0 Å². The molecule has 1 fully saturated rings. The molecule has 4 heteroatoms. The van der Waals surface area contributed by atoms with Gasteiger partial charge in [-0.05, 0) is 12.8 Å². The van der Waals surface area contributed by atoms with Gasteiger partial charge in [0, 0.05) is 19.5 Å². The molecule has 0 bridgehead atoms. The maximum Gasteiger partial charge on any atom is 0.222 e. The maximum atomic E-state index is 11.5. The van der Waals surface area contributed by atoms with Gasteiger partial charge in [0.25, 0.3) is 0 Å². The van der Waals surface area contributed by atoms with Crippen LogP contribution in [0.4, 0.5) is 0 Å². The molecule has 0 aromatic carbocycles. The Bertz CT molecular complexity index is 173. The Morgan fingerprint density at radius 2 is 2.14 bits per heavy atom. The van der Waals surface area contributed by atoms with Crippen molar-refractivity contribution in [3.05, 3.63) is 0 Å². The third-order valence-electron chi connectivity index (χ3n) is 2.41. The van der Waals surface area contributed by atoms with E-state index in [2.05, 4.69) is 0 Å². The molecular formula is C10H19NO3. The van der Waals surface area contributed by atoms with Crippen molar-refractivity contribution < 1.29 is 14.6 Å². The van der Waals surface area contributed by atoms with Crippen molar-refractivity contribution in [1.82, 2.24) is 4.90 Å². The van der Waals surface area contributed by atoms with Gasteiger partial charge in [-0.2, -0.15) is 0 Å². The first-order valence-corrected chi connectivity index (χ1v) is 5.31. The molecule has 1 saturated heterocycles. The van der Waals surface area contributed by atoms with Crippen molar-refractivity contribution in [2.75, 3.05) is 32.9 Å². The fourth-order valence-electron chi connectivity index (χ4n) is 1.62. The summed E-state index contributed by atoms with van der Waals surface area (Å²) in [7, 11) is 0. The molecule has 14 heavy (non-hydrogen) atoms. The number of hydrogen-bond donors (Lipinski definition) is 1. The van der Waals surface area contributed by atoms with Crippen molar-refractivity contribution in [3.8, 4) is 0 Å². The van der Waals surface area contributed by atoms with Gasteiger partial charge in [-0.15, -0.1) is 0 Å². The zero-order valence-corrected chi connectivity index (χ0v) is 8.57. The lowest BCUT2D eigenvalue weighted by atomic mass is 10.2. The smallest absolute Gasteiger partial charge is 0.222 e. The Hall–Kier alpha value is -0.610. The Kier molecular flexibility index (Phi) is 5.56. The minimum Gasteiger partial charge on any atom is -0.394 e. The summed E-state index contributed by atoms with van der Waals surface area (Å²) in [5, 5.41) is 8.49. The molecule has 0 atom stereocenters. The number of rotatable bonds is 5. The lowest BCUT2D eigenvalue weighted by molar-refractivity contribution is -0.131. The summed E-state index contributed by atoms with van der Waals surface area (Å²) in [6.07, 6.45) is 3.96. The molecule has 1 amide bonds. The molecule has 0 spiro atoms. The molecule has 1 N–H and O–H groups in total. The molecule has 0 unspecified atom stereocenters. The Morgan fingerprint density at radius 3 is 2.93 bits per heavy atom. The van der Waals surface area contributed by atoms with Gasteiger partial charge in [0.1, 0.15) is 0 Å². The third-order valence-corrected chi connectivity index (χ3v) is 2.41. The first-order chi connectivity index (χ1) is 6.84. The largest absolute Gasteiger partial charge is 0.394 e. The van der Waals surface area contributed by atoms with Crippen LogP contribution in [0, 0.1) is 0 Å². The second-order valence-corrected chi connectivity index (χ2v) is 3.53. The fourth-order valence-corrected chi connectivity index (χ4v) is 1.62. The van der Waals surface area contributed by atoms with Gasteiger partial charge in [-0.3, -0.25) is 4.79 Å². The SMILES string of the molecule is O=C1CCCCCN1CCOCCO. The van der Waals surface area contributed by atoms with Crippen LogP contribution in [0.15, 0.2) is 0 Å². The van der Waals surface area contributed by atoms with E-state index in [1.54, 1.807) is 0 Å². The molecule has 0 aromatic rings. The van der Waals surface area contributed by atoms with E-state index in [9.17, 15) is 4.79 Å². The number of carbonyl (C=O) groups excluding carboxylic acids is 1. The number of hydrogen-bond acceptors (Lipinski definition) is 3. The average Bonchev–Trinajstić information content (AvgIpc) is 2.39. The van der Waals surface area contributed by atoms with Crippen LogP contribution in [-0.4, -0.2) is 48.8 Å². The molecule has 1 aliphatic heterocycles.